The summed E-state index contributed by atoms with van der Waals surface area (Å²) in [4.78, 5) is 20.6. The third kappa shape index (κ3) is 8.32. The largest absolute Gasteiger partial charge is 0.478 e. The number of ether oxygens (including phenoxy) is 1. The van der Waals surface area contributed by atoms with Gasteiger partial charge in [0.05, 0.1) is 0 Å². The van der Waals surface area contributed by atoms with E-state index in [1.165, 1.54) is 0 Å². The minimum atomic E-state index is -8.39. The smallest absolute Gasteiger partial charge is 0.460 e. The van der Waals surface area contributed by atoms with Crippen LogP contribution in [-0.4, -0.2) is 107 Å². The highest BCUT2D eigenvalue weighted by Gasteiger charge is 2.95. The van der Waals surface area contributed by atoms with Crippen molar-refractivity contribution in [1.82, 2.24) is 0 Å². The number of hydrogen-bond acceptors (Lipinski definition) is 3. The van der Waals surface area contributed by atoms with Gasteiger partial charge in [0.2, 0.25) is 0 Å². The number of carboxylic acids is 1. The van der Waals surface area contributed by atoms with Crippen LogP contribution >= 0.6 is 0 Å². The third-order valence-electron chi connectivity index (χ3n) is 6.09. The minimum absolute atomic E-state index is 0.0149. The fraction of sp³-hybridized carbons (Fsp3) is 0.727. The zero-order valence-corrected chi connectivity index (χ0v) is 24.9. The molecular formula is C22H10F30O4. The van der Waals surface area contributed by atoms with Crippen molar-refractivity contribution in [3.05, 3.63) is 24.8 Å². The summed E-state index contributed by atoms with van der Waals surface area (Å²) < 4.78 is 386. The van der Waals surface area contributed by atoms with Crippen LogP contribution in [0.1, 0.15) is 6.42 Å². The van der Waals surface area contributed by atoms with Gasteiger partial charge in [0, 0.05) is 18.1 Å². The number of aliphatic carboxylic acids is 1. The zero-order valence-electron chi connectivity index (χ0n) is 24.9. The zero-order chi connectivity index (χ0) is 46.6. The first-order valence-corrected chi connectivity index (χ1v) is 12.2. The average molecular weight is 908 g/mol. The molecule has 4 nitrogen and oxygen atoms in total. The van der Waals surface area contributed by atoms with E-state index in [1.54, 1.807) is 0 Å². The minimum Gasteiger partial charge on any atom is -0.478 e. The average Bonchev–Trinajstić information content (AvgIpc) is 2.97. The Bertz CT molecular complexity index is 1450. The molecule has 0 aromatic heterocycles. The fourth-order valence-corrected chi connectivity index (χ4v) is 2.76. The van der Waals surface area contributed by atoms with Crippen molar-refractivity contribution in [2.75, 3.05) is 6.61 Å². The molecule has 0 aromatic carbocycles. The van der Waals surface area contributed by atoms with E-state index in [2.05, 4.69) is 17.9 Å². The molecule has 1 N–H and O–H groups in total. The lowest BCUT2D eigenvalue weighted by molar-refractivity contribution is -0.453. The van der Waals surface area contributed by atoms with Crippen LogP contribution in [0.5, 0.6) is 0 Å². The molecule has 0 saturated carbocycles. The van der Waals surface area contributed by atoms with Crippen molar-refractivity contribution in [2.24, 2.45) is 0 Å². The van der Waals surface area contributed by atoms with E-state index in [1.807, 2.05) is 0 Å². The van der Waals surface area contributed by atoms with Crippen LogP contribution in [0.15, 0.2) is 24.8 Å². The molecular weight excluding hydrogens is 898 g/mol. The highest BCUT2D eigenvalue weighted by atomic mass is 19.4. The second-order valence-electron chi connectivity index (χ2n) is 10.0. The second-order valence-corrected chi connectivity index (χ2v) is 10.0. The third-order valence-corrected chi connectivity index (χ3v) is 6.09. The van der Waals surface area contributed by atoms with Gasteiger partial charge in [0.15, 0.2) is 6.61 Å². The van der Waals surface area contributed by atoms with E-state index in [4.69, 9.17) is 5.11 Å². The van der Waals surface area contributed by atoms with Gasteiger partial charge in [-0.2, -0.15) is 132 Å². The van der Waals surface area contributed by atoms with Gasteiger partial charge in [-0.1, -0.05) is 13.2 Å². The van der Waals surface area contributed by atoms with Crippen molar-refractivity contribution >= 4 is 11.9 Å². The molecule has 0 aliphatic heterocycles. The highest BCUT2D eigenvalue weighted by molar-refractivity contribution is 5.85. The summed E-state index contributed by atoms with van der Waals surface area (Å²) in [7, 11) is 0. The number of rotatable bonds is 16. The van der Waals surface area contributed by atoms with E-state index in [9.17, 15) is 141 Å². The van der Waals surface area contributed by atoms with Gasteiger partial charge >= 0.3 is 95.4 Å². The predicted octanol–water partition coefficient (Wildman–Crippen LogP) is 10.5. The topological polar surface area (TPSA) is 63.6 Å². The summed E-state index contributed by atoms with van der Waals surface area (Å²) in [6.45, 7) is 1.52. The molecule has 0 bridgehead atoms. The summed E-state index contributed by atoms with van der Waals surface area (Å²) in [6, 6.07) is 0. The summed E-state index contributed by atoms with van der Waals surface area (Å²) >= 11 is 0. The van der Waals surface area contributed by atoms with Crippen molar-refractivity contribution < 1.29 is 151 Å². The van der Waals surface area contributed by atoms with Crippen LogP contribution < -0.4 is 0 Å². The highest BCUT2D eigenvalue weighted by Crippen LogP contribution is 2.64. The van der Waals surface area contributed by atoms with Crippen molar-refractivity contribution in [1.29, 1.82) is 0 Å². The lowest BCUT2D eigenvalue weighted by Crippen LogP contribution is -2.73. The van der Waals surface area contributed by atoms with Crippen LogP contribution in [0.2, 0.25) is 0 Å². The van der Waals surface area contributed by atoms with E-state index < -0.39 is 114 Å². The van der Waals surface area contributed by atoms with Crippen LogP contribution in [0, 0.1) is 0 Å². The Hall–Kier alpha value is -3.68. The van der Waals surface area contributed by atoms with Gasteiger partial charge < -0.3 is 9.84 Å². The van der Waals surface area contributed by atoms with Gasteiger partial charge in [-0.3, -0.25) is 0 Å². The van der Waals surface area contributed by atoms with Crippen LogP contribution in [0.25, 0.3) is 0 Å². The van der Waals surface area contributed by atoms with Gasteiger partial charge in [-0.05, 0) is 0 Å². The molecule has 0 saturated heterocycles. The molecule has 34 heteroatoms. The fourth-order valence-electron chi connectivity index (χ4n) is 2.76. The molecule has 0 rings (SSSR count). The SMILES string of the molecule is C=C(CC(F)(F)C(F)(F)C(F)(F)C(F)(F)C(F)(F)C(F)(F)C(F)(F)F)C(=O)O.C=CC(=O)OCC(F)(F)C(F)(F)C(F)(F)C(F)(F)C(F)(F)C(F)(F)C(F)(F)F. The Labute approximate surface area is 285 Å². The molecule has 0 aliphatic carbocycles. The molecule has 0 spiro atoms. The first-order valence-electron chi connectivity index (χ1n) is 12.2. The van der Waals surface area contributed by atoms with Crippen LogP contribution in [0.3, 0.4) is 0 Å². The summed E-state index contributed by atoms with van der Waals surface area (Å²) in [5, 5.41) is 8.14. The lowest BCUT2D eigenvalue weighted by atomic mass is 9.89. The van der Waals surface area contributed by atoms with Gasteiger partial charge in [0.25, 0.3) is 0 Å². The Kier molecular flexibility index (Phi) is 14.5. The van der Waals surface area contributed by atoms with Crippen LogP contribution in [-0.2, 0) is 14.3 Å². The Morgan fingerprint density at radius 2 is 0.661 bits per heavy atom. The standard InChI is InChI=1S/2C11H5F15O2/c1-3(4(27)28)2-5(12,13)6(14,15)7(16,17)8(18,19)9(20,21)10(22,23)11(24,25)26;1-2-4(27)28-3-5(12,13)6(14,15)7(16,17)8(18,19)9(20,21)10(22,23)11(24,25)26/h1-2H2,(H,27,28);2H,1,3H2. The second kappa shape index (κ2) is 14.9. The maximum atomic E-state index is 13.2. The number of hydrogen-bond donors (Lipinski definition) is 1. The molecule has 0 fully saturated rings. The number of carbonyl (C=O) groups is 2. The van der Waals surface area contributed by atoms with Crippen molar-refractivity contribution in [3.8, 4) is 0 Å². The molecule has 332 valence electrons. The van der Waals surface area contributed by atoms with Crippen LogP contribution in [0.4, 0.5) is 132 Å². The first-order chi connectivity index (χ1) is 23.8. The normalized spacial score (nSPS) is 15.5. The summed E-state index contributed by atoms with van der Waals surface area (Å²) in [5.41, 5.74) is -2.03. The number of halogens is 30. The lowest BCUT2D eigenvalue weighted by Gasteiger charge is -2.41. The number of esters is 1. The number of carboxylic acid groups (broad SMARTS) is 1. The number of alkyl halides is 30. The molecule has 0 atom stereocenters. The van der Waals surface area contributed by atoms with Gasteiger partial charge in [0.1, 0.15) is 0 Å². The van der Waals surface area contributed by atoms with Crippen molar-refractivity contribution in [3.63, 3.8) is 0 Å². The molecule has 0 aromatic rings. The van der Waals surface area contributed by atoms with E-state index >= 15 is 0 Å². The maximum Gasteiger partial charge on any atom is 0.460 e. The Balaban J connectivity index is 0. The summed E-state index contributed by atoms with van der Waals surface area (Å²) in [5.74, 6) is -99.2. The quantitative estimate of drug-likeness (QED) is 0.0952. The molecule has 0 amide bonds. The van der Waals surface area contributed by atoms with E-state index in [0.717, 1.165) is 0 Å². The first kappa shape index (κ1) is 54.4. The van der Waals surface area contributed by atoms with E-state index in [-0.39, 0.29) is 6.08 Å². The van der Waals surface area contributed by atoms with Gasteiger partial charge in [-0.25, -0.2) is 9.59 Å². The molecule has 0 unspecified atom stereocenters. The van der Waals surface area contributed by atoms with Gasteiger partial charge in [-0.15, -0.1) is 0 Å². The Morgan fingerprint density at radius 1 is 0.429 bits per heavy atom. The summed E-state index contributed by atoms with van der Waals surface area (Å²) in [6.07, 6.45) is -18.4. The molecule has 0 heterocycles. The monoisotopic (exact) mass is 908 g/mol. The van der Waals surface area contributed by atoms with E-state index in [0.29, 0.717) is 0 Å². The molecule has 0 radical (unpaired) electrons. The molecule has 56 heavy (non-hydrogen) atoms. The van der Waals surface area contributed by atoms with Crippen molar-refractivity contribution in [2.45, 2.75) is 89.8 Å². The maximum absolute atomic E-state index is 13.2. The predicted molar refractivity (Wildman–Crippen MR) is 114 cm³/mol. The number of carbonyl (C=O) groups excluding carboxylic acids is 1. The Morgan fingerprint density at radius 3 is 0.893 bits per heavy atom. The molecule has 0 aliphatic rings.